The topological polar surface area (TPSA) is 27.7 Å². The summed E-state index contributed by atoms with van der Waals surface area (Å²) in [5.41, 5.74) is 0.0347. The molecule has 94 valence electrons. The molecule has 0 aromatic heterocycles. The Morgan fingerprint density at radius 2 is 1.13 bits per heavy atom. The molecule has 0 aromatic rings. The summed E-state index contributed by atoms with van der Waals surface area (Å²) in [6.07, 6.45) is 2.19. The van der Waals surface area contributed by atoms with Crippen LogP contribution in [0.1, 0.15) is 33.6 Å². The molecule has 0 aromatic carbocycles. The third kappa shape index (κ3) is 7.77. The van der Waals surface area contributed by atoms with E-state index in [9.17, 15) is 0 Å². The van der Waals surface area contributed by atoms with Crippen LogP contribution in [0, 0.1) is 5.41 Å². The zero-order valence-electron chi connectivity index (χ0n) is 11.3. The molecule has 0 atom stereocenters. The summed E-state index contributed by atoms with van der Waals surface area (Å²) in [4.78, 5) is 0. The highest BCUT2D eigenvalue weighted by atomic mass is 16.5. The monoisotopic (exact) mass is 220 g/mol. The molecule has 0 saturated heterocycles. The average molecular weight is 220 g/mol. The maximum atomic E-state index is 5.20. The van der Waals surface area contributed by atoms with E-state index in [4.69, 9.17) is 14.2 Å². The van der Waals surface area contributed by atoms with Crippen molar-refractivity contribution in [3.05, 3.63) is 0 Å². The van der Waals surface area contributed by atoms with Gasteiger partial charge in [-0.2, -0.15) is 0 Å². The lowest BCUT2D eigenvalue weighted by atomic mass is 9.86. The lowest BCUT2D eigenvalue weighted by Gasteiger charge is -2.31. The molecule has 3 heteroatoms. The molecule has 0 unspecified atom stereocenters. The van der Waals surface area contributed by atoms with Gasteiger partial charge in [0.05, 0.1) is 19.8 Å². The molecule has 0 aliphatic rings. The molecular formula is C12H28O3. The minimum absolute atomic E-state index is 0.0347. The Morgan fingerprint density at radius 3 is 1.33 bits per heavy atom. The van der Waals surface area contributed by atoms with E-state index in [0.29, 0.717) is 19.8 Å². The van der Waals surface area contributed by atoms with Gasteiger partial charge in [-0.3, -0.25) is 0 Å². The van der Waals surface area contributed by atoms with Crippen molar-refractivity contribution in [1.82, 2.24) is 0 Å². The molecule has 0 aliphatic heterocycles. The van der Waals surface area contributed by atoms with Crippen LogP contribution in [-0.4, -0.2) is 41.2 Å². The maximum Gasteiger partial charge on any atom is 0.0562 e. The summed E-state index contributed by atoms with van der Waals surface area (Å²) in [7, 11) is 5.15. The first-order chi connectivity index (χ1) is 7.24. The second-order valence-electron chi connectivity index (χ2n) is 3.55. The average Bonchev–Trinajstić information content (AvgIpc) is 2.22. The van der Waals surface area contributed by atoms with Crippen molar-refractivity contribution in [1.29, 1.82) is 0 Å². The summed E-state index contributed by atoms with van der Waals surface area (Å²) in [6, 6.07) is 0. The van der Waals surface area contributed by atoms with Crippen molar-refractivity contribution in [3.8, 4) is 0 Å². The van der Waals surface area contributed by atoms with Crippen molar-refractivity contribution in [3.63, 3.8) is 0 Å². The van der Waals surface area contributed by atoms with Crippen molar-refractivity contribution in [2.24, 2.45) is 5.41 Å². The summed E-state index contributed by atoms with van der Waals surface area (Å²) in [5, 5.41) is 0. The van der Waals surface area contributed by atoms with E-state index >= 15 is 0 Å². The van der Waals surface area contributed by atoms with Gasteiger partial charge in [0, 0.05) is 26.7 Å². The largest absolute Gasteiger partial charge is 0.384 e. The first kappa shape index (κ1) is 17.3. The maximum absolute atomic E-state index is 5.20. The van der Waals surface area contributed by atoms with E-state index in [0.717, 1.165) is 12.8 Å². The molecular weight excluding hydrogens is 192 g/mol. The number of hydrogen-bond donors (Lipinski definition) is 0. The molecule has 0 spiro atoms. The molecule has 0 radical (unpaired) electrons. The molecule has 0 bridgehead atoms. The molecule has 0 saturated carbocycles. The van der Waals surface area contributed by atoms with E-state index in [1.807, 2.05) is 13.8 Å². The lowest BCUT2D eigenvalue weighted by molar-refractivity contribution is -0.0434. The van der Waals surface area contributed by atoms with E-state index < -0.39 is 0 Å². The van der Waals surface area contributed by atoms with Gasteiger partial charge in [0.1, 0.15) is 0 Å². The molecule has 0 N–H and O–H groups in total. The van der Waals surface area contributed by atoms with E-state index in [1.54, 1.807) is 21.3 Å². The predicted octanol–water partition coefficient (Wildman–Crippen LogP) is 2.74. The van der Waals surface area contributed by atoms with Crippen LogP contribution >= 0.6 is 0 Å². The fourth-order valence-electron chi connectivity index (χ4n) is 1.79. The normalized spacial score (nSPS) is 10.8. The van der Waals surface area contributed by atoms with Crippen LogP contribution in [0.2, 0.25) is 0 Å². The number of methoxy groups -OCH3 is 3. The molecule has 15 heavy (non-hydrogen) atoms. The van der Waals surface area contributed by atoms with Crippen molar-refractivity contribution < 1.29 is 14.2 Å². The minimum Gasteiger partial charge on any atom is -0.384 e. The Kier molecular flexibility index (Phi) is 13.8. The van der Waals surface area contributed by atoms with Crippen molar-refractivity contribution in [2.75, 3.05) is 41.2 Å². The number of hydrogen-bond acceptors (Lipinski definition) is 3. The van der Waals surface area contributed by atoms with Crippen molar-refractivity contribution >= 4 is 0 Å². The van der Waals surface area contributed by atoms with Gasteiger partial charge in [-0.05, 0) is 6.42 Å². The molecule has 0 fully saturated rings. The highest BCUT2D eigenvalue weighted by Crippen LogP contribution is 2.25. The van der Waals surface area contributed by atoms with Crippen LogP contribution in [0.15, 0.2) is 0 Å². The minimum atomic E-state index is 0.0347. The highest BCUT2D eigenvalue weighted by Gasteiger charge is 2.29. The van der Waals surface area contributed by atoms with Crippen LogP contribution in [0.5, 0.6) is 0 Å². The predicted molar refractivity (Wildman–Crippen MR) is 64.3 cm³/mol. The molecule has 0 amide bonds. The summed E-state index contributed by atoms with van der Waals surface area (Å²) < 4.78 is 15.6. The second-order valence-corrected chi connectivity index (χ2v) is 3.55. The third-order valence-electron chi connectivity index (χ3n) is 2.13. The SMILES string of the molecule is CC.CCCC(COC)(COC)COC. The van der Waals surface area contributed by atoms with Gasteiger partial charge in [0.15, 0.2) is 0 Å². The zero-order valence-corrected chi connectivity index (χ0v) is 11.3. The molecule has 0 rings (SSSR count). The van der Waals surface area contributed by atoms with Crippen LogP contribution in [-0.2, 0) is 14.2 Å². The van der Waals surface area contributed by atoms with Gasteiger partial charge in [0.25, 0.3) is 0 Å². The Bertz CT molecular complexity index is 85.9. The first-order valence-corrected chi connectivity index (χ1v) is 5.71. The first-order valence-electron chi connectivity index (χ1n) is 5.71. The Labute approximate surface area is 95.1 Å². The second kappa shape index (κ2) is 12.0. The lowest BCUT2D eigenvalue weighted by Crippen LogP contribution is -2.36. The summed E-state index contributed by atoms with van der Waals surface area (Å²) in [6.45, 7) is 8.25. The Balaban J connectivity index is 0. The summed E-state index contributed by atoms with van der Waals surface area (Å²) >= 11 is 0. The Hall–Kier alpha value is -0.120. The van der Waals surface area contributed by atoms with Crippen LogP contribution in [0.25, 0.3) is 0 Å². The van der Waals surface area contributed by atoms with Crippen LogP contribution in [0.3, 0.4) is 0 Å². The fraction of sp³-hybridized carbons (Fsp3) is 1.00. The Morgan fingerprint density at radius 1 is 0.800 bits per heavy atom. The smallest absolute Gasteiger partial charge is 0.0562 e. The van der Waals surface area contributed by atoms with Gasteiger partial charge in [0.2, 0.25) is 0 Å². The van der Waals surface area contributed by atoms with Crippen LogP contribution < -0.4 is 0 Å². The molecule has 3 nitrogen and oxygen atoms in total. The number of ether oxygens (including phenoxy) is 3. The van der Waals surface area contributed by atoms with Gasteiger partial charge < -0.3 is 14.2 Å². The highest BCUT2D eigenvalue weighted by molar-refractivity contribution is 4.78. The number of rotatable bonds is 8. The quantitative estimate of drug-likeness (QED) is 0.629. The van der Waals surface area contributed by atoms with E-state index in [2.05, 4.69) is 6.92 Å². The third-order valence-corrected chi connectivity index (χ3v) is 2.13. The van der Waals surface area contributed by atoms with Crippen LogP contribution in [0.4, 0.5) is 0 Å². The van der Waals surface area contributed by atoms with Gasteiger partial charge in [-0.25, -0.2) is 0 Å². The van der Waals surface area contributed by atoms with Gasteiger partial charge >= 0.3 is 0 Å². The van der Waals surface area contributed by atoms with E-state index in [1.165, 1.54) is 0 Å². The standard InChI is InChI=1S/C10H22O3.C2H6/c1-5-6-10(7-11-2,8-12-3)9-13-4;1-2/h5-9H2,1-4H3;1-2H3. The summed E-state index contributed by atoms with van der Waals surface area (Å²) in [5.74, 6) is 0. The van der Waals surface area contributed by atoms with Gasteiger partial charge in [-0.15, -0.1) is 0 Å². The molecule has 0 aliphatic carbocycles. The zero-order chi connectivity index (χ0) is 12.2. The van der Waals surface area contributed by atoms with Gasteiger partial charge in [-0.1, -0.05) is 27.2 Å². The van der Waals surface area contributed by atoms with E-state index in [-0.39, 0.29) is 5.41 Å². The van der Waals surface area contributed by atoms with Crippen molar-refractivity contribution in [2.45, 2.75) is 33.6 Å². The fourth-order valence-corrected chi connectivity index (χ4v) is 1.79. The molecule has 0 heterocycles.